The second-order valence-corrected chi connectivity index (χ2v) is 34.7. The van der Waals surface area contributed by atoms with E-state index in [1.807, 2.05) is 0 Å². The lowest BCUT2D eigenvalue weighted by Crippen LogP contribution is -1.93. The van der Waals surface area contributed by atoms with Gasteiger partial charge in [-0.25, -0.2) is 0 Å². The average Bonchev–Trinajstić information content (AvgIpc) is 1.58. The molecule has 24 rings (SSSR count). The minimum absolute atomic E-state index is 1.08. The predicted molar refractivity (Wildman–Crippen MR) is 547 cm³/mol. The Morgan fingerprint density at radius 3 is 0.833 bits per heavy atom. The van der Waals surface area contributed by atoms with Gasteiger partial charge in [-0.3, -0.25) is 0 Å². The van der Waals surface area contributed by atoms with Crippen molar-refractivity contribution in [3.8, 4) is 117 Å². The van der Waals surface area contributed by atoms with Crippen molar-refractivity contribution < 1.29 is 0 Å². The molecular formula is C120H78Br3N3. The van der Waals surface area contributed by atoms with Gasteiger partial charge in [0.1, 0.15) is 0 Å². The molecule has 24 aromatic rings. The first-order valence-electron chi connectivity index (χ1n) is 42.6. The summed E-state index contributed by atoms with van der Waals surface area (Å²) in [5, 5.41) is 15.2. The van der Waals surface area contributed by atoms with E-state index in [4.69, 9.17) is 0 Å². The van der Waals surface area contributed by atoms with E-state index in [1.165, 1.54) is 215 Å². The Morgan fingerprint density at radius 2 is 0.397 bits per heavy atom. The quantitative estimate of drug-likeness (QED) is 0.116. The zero-order valence-corrected chi connectivity index (χ0v) is 73.3. The molecule has 21 aromatic carbocycles. The van der Waals surface area contributed by atoms with Gasteiger partial charge in [0.2, 0.25) is 0 Å². The normalized spacial score (nSPS) is 11.5. The van der Waals surface area contributed by atoms with E-state index in [1.54, 1.807) is 0 Å². The number of benzene rings is 21. The van der Waals surface area contributed by atoms with E-state index < -0.39 is 0 Å². The molecule has 0 N–H and O–H groups in total. The first-order chi connectivity index (χ1) is 62.2. The number of hydrogen-bond acceptors (Lipinski definition) is 0. The molecule has 0 bridgehead atoms. The summed E-state index contributed by atoms with van der Waals surface area (Å²) in [7, 11) is 0. The van der Waals surface area contributed by atoms with Crippen LogP contribution in [0, 0.1) is 0 Å². The molecule has 0 spiro atoms. The molecule has 594 valence electrons. The third-order valence-electron chi connectivity index (χ3n) is 24.8. The maximum Gasteiger partial charge on any atom is 0.0547 e. The number of hydrogen-bond donors (Lipinski definition) is 0. The first kappa shape index (κ1) is 77.3. The van der Waals surface area contributed by atoms with E-state index >= 15 is 0 Å². The summed E-state index contributed by atoms with van der Waals surface area (Å²) in [5.41, 5.74) is 32.5. The van der Waals surface area contributed by atoms with Crippen molar-refractivity contribution in [1.29, 1.82) is 0 Å². The zero-order chi connectivity index (χ0) is 84.1. The lowest BCUT2D eigenvalue weighted by molar-refractivity contribution is 1.18. The van der Waals surface area contributed by atoms with Gasteiger partial charge in [-0.15, -0.1) is 0 Å². The Labute approximate surface area is 756 Å². The van der Waals surface area contributed by atoms with Crippen molar-refractivity contribution >= 4 is 146 Å². The molecule has 3 heterocycles. The number of fused-ring (bicyclic) bond motifs is 12. The van der Waals surface area contributed by atoms with Gasteiger partial charge >= 0.3 is 0 Å². The van der Waals surface area contributed by atoms with Crippen LogP contribution in [0.1, 0.15) is 0 Å². The standard InChI is InChI=1S/3C40H26BrN/c41-38-24-20-28(32-23-22-31(27-11-3-1-4-12-27)33-15-7-8-16-34(32)33)25-37(38)29-19-21-36-35-17-9-10-18-39(35)42(40(36)26-29)30-13-5-2-6-14-30;41-38-24-22-30(27-17-19-29(20-18-27)34-15-8-10-28-9-4-5-13-33(28)34)25-37(38)31-21-23-36-35-14-6-7-16-39(35)42(40(36)26-31)32-11-2-1-3-12-32;41-38-23-21-32(29-16-14-28(15-17-29)31-19-18-27-8-4-5-9-30(27)24-31)25-37(38)33-20-22-36-35-12-6-7-13-39(35)42(40(36)26-33)34-10-2-1-3-11-34/h3*1-26H. The van der Waals surface area contributed by atoms with Gasteiger partial charge in [0.15, 0.2) is 0 Å². The summed E-state index contributed by atoms with van der Waals surface area (Å²) in [4.78, 5) is 0. The molecule has 126 heavy (non-hydrogen) atoms. The monoisotopic (exact) mass is 1800 g/mol. The minimum Gasteiger partial charge on any atom is -0.309 e. The van der Waals surface area contributed by atoms with E-state index in [0.29, 0.717) is 0 Å². The largest absolute Gasteiger partial charge is 0.309 e. The fourth-order valence-electron chi connectivity index (χ4n) is 18.7. The second kappa shape index (κ2) is 33.5. The van der Waals surface area contributed by atoms with Gasteiger partial charge in [0.05, 0.1) is 33.1 Å². The van der Waals surface area contributed by atoms with Crippen LogP contribution >= 0.6 is 47.8 Å². The van der Waals surface area contributed by atoms with Crippen LogP contribution in [0.15, 0.2) is 487 Å². The number of para-hydroxylation sites is 6. The summed E-state index contributed by atoms with van der Waals surface area (Å²) in [5.74, 6) is 0. The molecule has 3 aromatic heterocycles. The van der Waals surface area contributed by atoms with Gasteiger partial charge < -0.3 is 13.7 Å². The van der Waals surface area contributed by atoms with Crippen LogP contribution < -0.4 is 0 Å². The Hall–Kier alpha value is -14.8. The summed E-state index contributed by atoms with van der Waals surface area (Å²) in [6, 6.07) is 171. The highest BCUT2D eigenvalue weighted by Gasteiger charge is 2.21. The molecule has 0 aliphatic rings. The van der Waals surface area contributed by atoms with Crippen LogP contribution in [0.25, 0.3) is 215 Å². The van der Waals surface area contributed by atoms with E-state index in [2.05, 4.69) is 535 Å². The highest BCUT2D eigenvalue weighted by atomic mass is 79.9. The van der Waals surface area contributed by atoms with Crippen molar-refractivity contribution in [2.45, 2.75) is 0 Å². The first-order valence-corrected chi connectivity index (χ1v) is 45.0. The van der Waals surface area contributed by atoms with Crippen LogP contribution in [0.4, 0.5) is 0 Å². The van der Waals surface area contributed by atoms with Crippen LogP contribution in [-0.4, -0.2) is 13.7 Å². The van der Waals surface area contributed by atoms with Crippen LogP contribution in [-0.2, 0) is 0 Å². The Bertz CT molecular complexity index is 8260. The van der Waals surface area contributed by atoms with Gasteiger partial charge in [0.25, 0.3) is 0 Å². The maximum atomic E-state index is 3.89. The molecule has 0 aliphatic heterocycles. The average molecular weight is 1800 g/mol. The highest BCUT2D eigenvalue weighted by molar-refractivity contribution is 9.11. The van der Waals surface area contributed by atoms with Crippen molar-refractivity contribution in [2.75, 3.05) is 0 Å². The maximum absolute atomic E-state index is 3.89. The third-order valence-corrected chi connectivity index (χ3v) is 26.9. The third kappa shape index (κ3) is 14.5. The predicted octanol–water partition coefficient (Wildman–Crippen LogP) is 35.1. The summed E-state index contributed by atoms with van der Waals surface area (Å²) < 4.78 is 10.4. The molecule has 0 aliphatic carbocycles. The Morgan fingerprint density at radius 1 is 0.127 bits per heavy atom. The number of halogens is 3. The molecule has 0 fully saturated rings. The number of nitrogens with zero attached hydrogens (tertiary/aromatic N) is 3. The molecule has 6 heteroatoms. The van der Waals surface area contributed by atoms with E-state index in [-0.39, 0.29) is 0 Å². The Balaban J connectivity index is 0.000000112. The molecule has 3 nitrogen and oxygen atoms in total. The second-order valence-electron chi connectivity index (χ2n) is 32.2. The Kier molecular flexibility index (Phi) is 20.5. The topological polar surface area (TPSA) is 14.8 Å². The van der Waals surface area contributed by atoms with Crippen LogP contribution in [0.3, 0.4) is 0 Å². The lowest BCUT2D eigenvalue weighted by Gasteiger charge is -2.14. The van der Waals surface area contributed by atoms with Crippen molar-refractivity contribution in [3.05, 3.63) is 487 Å². The molecule has 0 atom stereocenters. The smallest absolute Gasteiger partial charge is 0.0547 e. The lowest BCUT2D eigenvalue weighted by atomic mass is 9.91. The number of aromatic nitrogens is 3. The summed E-state index contributed by atoms with van der Waals surface area (Å²) in [6.45, 7) is 0. The fourth-order valence-corrected chi connectivity index (χ4v) is 20.1. The molecule has 0 amide bonds. The van der Waals surface area contributed by atoms with E-state index in [9.17, 15) is 0 Å². The molecular weight excluding hydrogens is 1720 g/mol. The zero-order valence-electron chi connectivity index (χ0n) is 68.5. The van der Waals surface area contributed by atoms with Crippen molar-refractivity contribution in [1.82, 2.24) is 13.7 Å². The molecule has 0 unspecified atom stereocenters. The minimum atomic E-state index is 1.08. The van der Waals surface area contributed by atoms with Crippen LogP contribution in [0.2, 0.25) is 0 Å². The van der Waals surface area contributed by atoms with Crippen LogP contribution in [0.5, 0.6) is 0 Å². The van der Waals surface area contributed by atoms with Gasteiger partial charge in [0, 0.05) is 62.8 Å². The highest BCUT2D eigenvalue weighted by Crippen LogP contribution is 2.46. The summed E-state index contributed by atoms with van der Waals surface area (Å²) >= 11 is 11.6. The summed E-state index contributed by atoms with van der Waals surface area (Å²) in [6.07, 6.45) is 0. The number of rotatable bonds is 12. The van der Waals surface area contributed by atoms with E-state index in [0.717, 1.165) is 13.4 Å². The molecule has 0 saturated carbocycles. The van der Waals surface area contributed by atoms with Gasteiger partial charge in [-0.1, -0.05) is 406 Å². The van der Waals surface area contributed by atoms with Gasteiger partial charge in [-0.05, 0) is 248 Å². The van der Waals surface area contributed by atoms with Crippen molar-refractivity contribution in [2.24, 2.45) is 0 Å². The SMILES string of the molecule is Brc1ccc(-c2ccc(-c3ccc4ccccc4c3)cc2)cc1-c1ccc2c3ccccc3n(-c3ccccc3)c2c1.Brc1ccc(-c2ccc(-c3cccc4ccccc34)cc2)cc1-c1ccc2c3ccccc3n(-c3ccccc3)c2c1.Brc1ccc(-c2ccc(-c3ccccc3)c3ccccc23)cc1-c1ccc2c3ccccc3n(-c3ccccc3)c2c1. The fraction of sp³-hybridized carbons (Fsp3) is 0. The van der Waals surface area contributed by atoms with Gasteiger partial charge in [-0.2, -0.15) is 0 Å². The molecule has 0 saturated heterocycles. The van der Waals surface area contributed by atoms with Crippen molar-refractivity contribution in [3.63, 3.8) is 0 Å². The molecule has 0 radical (unpaired) electrons.